The van der Waals surface area contributed by atoms with Crippen LogP contribution in [-0.4, -0.2) is 0 Å². The van der Waals surface area contributed by atoms with Gasteiger partial charge in [0.25, 0.3) is 0 Å². The molecule has 0 spiro atoms. The number of nitrogens with two attached hydrogens (primary N) is 1. The van der Waals surface area contributed by atoms with Crippen LogP contribution in [0.3, 0.4) is 0 Å². The molecule has 2 nitrogen and oxygen atoms in total. The Hall–Kier alpha value is -1.80. The number of ether oxygens (including phenoxy) is 1. The second-order valence-electron chi connectivity index (χ2n) is 5.49. The average molecular weight is 269 g/mol. The zero-order valence-corrected chi connectivity index (χ0v) is 12.7. The van der Waals surface area contributed by atoms with Gasteiger partial charge in [0.15, 0.2) is 0 Å². The molecule has 2 rings (SSSR count). The number of hydrogen-bond donors (Lipinski definition) is 1. The molecule has 0 aromatic heterocycles. The highest BCUT2D eigenvalue weighted by atomic mass is 16.5. The first-order valence-electron chi connectivity index (χ1n) is 7.03. The molecule has 0 heterocycles. The SMILES string of the molecule is Cc1ccc(OCc2c(C)cccc2C)c([C@H](C)N)c1. The molecule has 0 fully saturated rings. The Morgan fingerprint density at radius 3 is 2.30 bits per heavy atom. The smallest absolute Gasteiger partial charge is 0.124 e. The first-order chi connectivity index (χ1) is 9.49. The van der Waals surface area contributed by atoms with Gasteiger partial charge in [-0.2, -0.15) is 0 Å². The molecule has 0 aliphatic carbocycles. The summed E-state index contributed by atoms with van der Waals surface area (Å²) >= 11 is 0. The summed E-state index contributed by atoms with van der Waals surface area (Å²) in [4.78, 5) is 0. The van der Waals surface area contributed by atoms with Gasteiger partial charge in [-0.3, -0.25) is 0 Å². The summed E-state index contributed by atoms with van der Waals surface area (Å²) < 4.78 is 6.02. The number of aryl methyl sites for hydroxylation is 3. The van der Waals surface area contributed by atoms with Crippen molar-refractivity contribution in [2.75, 3.05) is 0 Å². The van der Waals surface area contributed by atoms with Crippen molar-refractivity contribution >= 4 is 0 Å². The summed E-state index contributed by atoms with van der Waals surface area (Å²) in [5.41, 5.74) is 12.1. The molecular weight excluding hydrogens is 246 g/mol. The van der Waals surface area contributed by atoms with E-state index in [4.69, 9.17) is 10.5 Å². The van der Waals surface area contributed by atoms with Gasteiger partial charge in [0, 0.05) is 11.6 Å². The summed E-state index contributed by atoms with van der Waals surface area (Å²) in [5, 5.41) is 0. The van der Waals surface area contributed by atoms with Crippen molar-refractivity contribution < 1.29 is 4.74 Å². The number of benzene rings is 2. The fraction of sp³-hybridized carbons (Fsp3) is 0.333. The first-order valence-corrected chi connectivity index (χ1v) is 7.03. The van der Waals surface area contributed by atoms with Crippen LogP contribution >= 0.6 is 0 Å². The van der Waals surface area contributed by atoms with E-state index in [1.165, 1.54) is 22.3 Å². The van der Waals surface area contributed by atoms with Crippen LogP contribution in [0.4, 0.5) is 0 Å². The van der Waals surface area contributed by atoms with Crippen molar-refractivity contribution in [1.29, 1.82) is 0 Å². The third-order valence-electron chi connectivity index (χ3n) is 3.67. The molecule has 2 heteroatoms. The highest BCUT2D eigenvalue weighted by Gasteiger charge is 2.10. The van der Waals surface area contributed by atoms with Crippen LogP contribution in [0.5, 0.6) is 5.75 Å². The van der Waals surface area contributed by atoms with Gasteiger partial charge in [0.1, 0.15) is 12.4 Å². The van der Waals surface area contributed by atoms with Crippen molar-refractivity contribution in [2.45, 2.75) is 40.3 Å². The van der Waals surface area contributed by atoms with Crippen LogP contribution in [0.25, 0.3) is 0 Å². The van der Waals surface area contributed by atoms with Crippen LogP contribution in [0.1, 0.15) is 40.8 Å². The van der Waals surface area contributed by atoms with E-state index in [1.54, 1.807) is 0 Å². The van der Waals surface area contributed by atoms with E-state index in [0.717, 1.165) is 11.3 Å². The van der Waals surface area contributed by atoms with E-state index >= 15 is 0 Å². The first kappa shape index (κ1) is 14.6. The predicted molar refractivity (Wildman–Crippen MR) is 84.0 cm³/mol. The Bertz CT molecular complexity index is 582. The molecular formula is C18H23NO. The second-order valence-corrected chi connectivity index (χ2v) is 5.49. The van der Waals surface area contributed by atoms with Gasteiger partial charge in [-0.15, -0.1) is 0 Å². The van der Waals surface area contributed by atoms with Gasteiger partial charge in [-0.1, -0.05) is 35.9 Å². The van der Waals surface area contributed by atoms with E-state index in [-0.39, 0.29) is 6.04 Å². The maximum Gasteiger partial charge on any atom is 0.124 e. The molecule has 0 unspecified atom stereocenters. The number of hydrogen-bond acceptors (Lipinski definition) is 2. The molecule has 0 amide bonds. The molecule has 2 aromatic rings. The lowest BCUT2D eigenvalue weighted by Crippen LogP contribution is -2.09. The highest BCUT2D eigenvalue weighted by Crippen LogP contribution is 2.26. The molecule has 0 saturated heterocycles. The predicted octanol–water partition coefficient (Wildman–Crippen LogP) is 4.21. The van der Waals surface area contributed by atoms with E-state index in [0.29, 0.717) is 6.61 Å². The van der Waals surface area contributed by atoms with Crippen LogP contribution in [0, 0.1) is 20.8 Å². The minimum absolute atomic E-state index is 0.0251. The fourth-order valence-corrected chi connectivity index (χ4v) is 2.38. The Kier molecular flexibility index (Phi) is 4.46. The quantitative estimate of drug-likeness (QED) is 0.902. The molecule has 2 N–H and O–H groups in total. The lowest BCUT2D eigenvalue weighted by molar-refractivity contribution is 0.300. The van der Waals surface area contributed by atoms with Crippen LogP contribution in [0.15, 0.2) is 36.4 Å². The molecule has 0 aliphatic rings. The van der Waals surface area contributed by atoms with E-state index in [2.05, 4.69) is 51.1 Å². The fourth-order valence-electron chi connectivity index (χ4n) is 2.38. The van der Waals surface area contributed by atoms with Gasteiger partial charge in [0.2, 0.25) is 0 Å². The van der Waals surface area contributed by atoms with Crippen LogP contribution in [0.2, 0.25) is 0 Å². The lowest BCUT2D eigenvalue weighted by Gasteiger charge is -2.16. The lowest BCUT2D eigenvalue weighted by atomic mass is 10.0. The standard InChI is InChI=1S/C18H23NO/c1-12-8-9-18(16(10-12)15(4)19)20-11-17-13(2)6-5-7-14(17)3/h5-10,15H,11,19H2,1-4H3/t15-/m0/s1. The third-order valence-corrected chi connectivity index (χ3v) is 3.67. The molecule has 1 atom stereocenters. The van der Waals surface area contributed by atoms with Crippen molar-refractivity contribution in [3.05, 3.63) is 64.2 Å². The minimum Gasteiger partial charge on any atom is -0.489 e. The van der Waals surface area contributed by atoms with Gasteiger partial charge < -0.3 is 10.5 Å². The van der Waals surface area contributed by atoms with Crippen LogP contribution in [-0.2, 0) is 6.61 Å². The Morgan fingerprint density at radius 1 is 1.05 bits per heavy atom. The molecule has 0 radical (unpaired) electrons. The maximum atomic E-state index is 6.03. The number of rotatable bonds is 4. The molecule has 0 saturated carbocycles. The molecule has 2 aromatic carbocycles. The zero-order chi connectivity index (χ0) is 14.7. The second kappa shape index (κ2) is 6.10. The maximum absolute atomic E-state index is 6.03. The summed E-state index contributed by atoms with van der Waals surface area (Å²) in [6.45, 7) is 8.88. The van der Waals surface area contributed by atoms with E-state index in [1.807, 2.05) is 13.0 Å². The van der Waals surface area contributed by atoms with Crippen molar-refractivity contribution in [2.24, 2.45) is 5.73 Å². The Labute approximate surface area is 121 Å². The molecule has 106 valence electrons. The van der Waals surface area contributed by atoms with Crippen molar-refractivity contribution in [3.63, 3.8) is 0 Å². The Morgan fingerprint density at radius 2 is 1.70 bits per heavy atom. The molecule has 0 aliphatic heterocycles. The van der Waals surface area contributed by atoms with Crippen molar-refractivity contribution in [1.82, 2.24) is 0 Å². The van der Waals surface area contributed by atoms with Gasteiger partial charge >= 0.3 is 0 Å². The van der Waals surface area contributed by atoms with E-state index in [9.17, 15) is 0 Å². The van der Waals surface area contributed by atoms with Gasteiger partial charge in [-0.05, 0) is 50.5 Å². The summed E-state index contributed by atoms with van der Waals surface area (Å²) in [5.74, 6) is 0.883. The molecule has 20 heavy (non-hydrogen) atoms. The average Bonchev–Trinajstić information content (AvgIpc) is 2.39. The van der Waals surface area contributed by atoms with E-state index < -0.39 is 0 Å². The summed E-state index contributed by atoms with van der Waals surface area (Å²) in [7, 11) is 0. The topological polar surface area (TPSA) is 35.2 Å². The largest absolute Gasteiger partial charge is 0.489 e. The third kappa shape index (κ3) is 3.20. The van der Waals surface area contributed by atoms with Crippen molar-refractivity contribution in [3.8, 4) is 5.75 Å². The van der Waals surface area contributed by atoms with Gasteiger partial charge in [0.05, 0.1) is 0 Å². The normalized spacial score (nSPS) is 12.2. The summed E-state index contributed by atoms with van der Waals surface area (Å²) in [6, 6.07) is 12.5. The van der Waals surface area contributed by atoms with Crippen LogP contribution < -0.4 is 10.5 Å². The highest BCUT2D eigenvalue weighted by molar-refractivity contribution is 5.40. The zero-order valence-electron chi connectivity index (χ0n) is 12.7. The monoisotopic (exact) mass is 269 g/mol. The summed E-state index contributed by atoms with van der Waals surface area (Å²) in [6.07, 6.45) is 0. The van der Waals surface area contributed by atoms with Gasteiger partial charge in [-0.25, -0.2) is 0 Å². The minimum atomic E-state index is -0.0251. The Balaban J connectivity index is 2.23. The molecule has 0 bridgehead atoms.